The van der Waals surface area contributed by atoms with Gasteiger partial charge in [-0.15, -0.1) is 0 Å². The van der Waals surface area contributed by atoms with Gasteiger partial charge in [0, 0.05) is 21.1 Å². The Balaban J connectivity index is 2.26. The minimum absolute atomic E-state index is 0.341. The Bertz CT molecular complexity index is 792. The Morgan fingerprint density at radius 2 is 1.91 bits per heavy atom. The van der Waals surface area contributed by atoms with Crippen LogP contribution >= 0.6 is 11.6 Å². The Labute approximate surface area is 136 Å². The first-order chi connectivity index (χ1) is 11.0. The van der Waals surface area contributed by atoms with Crippen molar-refractivity contribution in [2.45, 2.75) is 11.8 Å². The normalized spacial score (nSPS) is 19.0. The van der Waals surface area contributed by atoms with Crippen LogP contribution in [0.25, 0.3) is 0 Å². The summed E-state index contributed by atoms with van der Waals surface area (Å²) in [6, 6.07) is 11.4. The molecular weight excluding hydrogens is 322 g/mol. The summed E-state index contributed by atoms with van der Waals surface area (Å²) in [5.41, 5.74) is 0.844. The van der Waals surface area contributed by atoms with Crippen LogP contribution in [0.5, 0.6) is 11.5 Å². The van der Waals surface area contributed by atoms with Crippen molar-refractivity contribution in [2.24, 2.45) is 0 Å². The number of carboxylic acid groups (broad SMARTS) is 1. The second-order valence-electron chi connectivity index (χ2n) is 5.26. The third-order valence-corrected chi connectivity index (χ3v) is 4.09. The zero-order valence-electron chi connectivity index (χ0n) is 11.8. The Morgan fingerprint density at radius 3 is 2.61 bits per heavy atom. The molecule has 7 heteroatoms. The maximum Gasteiger partial charge on any atom is 0.312 e. The molecule has 0 bridgehead atoms. The van der Waals surface area contributed by atoms with Crippen molar-refractivity contribution in [3.8, 4) is 11.5 Å². The fourth-order valence-corrected chi connectivity index (χ4v) is 3.10. The lowest BCUT2D eigenvalue weighted by Gasteiger charge is -2.20. The second-order valence-corrected chi connectivity index (χ2v) is 5.70. The van der Waals surface area contributed by atoms with E-state index in [0.717, 1.165) is 0 Å². The summed E-state index contributed by atoms with van der Waals surface area (Å²) < 4.78 is 5.81. The van der Waals surface area contributed by atoms with Gasteiger partial charge in [0.15, 0.2) is 0 Å². The van der Waals surface area contributed by atoms with Gasteiger partial charge in [0.1, 0.15) is 11.5 Å². The van der Waals surface area contributed by atoms with Crippen LogP contribution in [0.2, 0.25) is 5.02 Å². The Hall–Kier alpha value is -2.60. The van der Waals surface area contributed by atoms with E-state index in [9.17, 15) is 20.0 Å². The van der Waals surface area contributed by atoms with Crippen LogP contribution in [0.1, 0.15) is 23.0 Å². The number of para-hydroxylation sites is 1. The number of nitrogens with zero attached hydrogens (tertiary/aromatic N) is 1. The lowest BCUT2D eigenvalue weighted by molar-refractivity contribution is -0.483. The lowest BCUT2D eigenvalue weighted by atomic mass is 9.81. The summed E-state index contributed by atoms with van der Waals surface area (Å²) in [4.78, 5) is 22.4. The van der Waals surface area contributed by atoms with Crippen molar-refractivity contribution in [1.82, 2.24) is 0 Å². The molecule has 23 heavy (non-hydrogen) atoms. The molecule has 0 amide bonds. The number of ether oxygens (including phenoxy) is 1. The summed E-state index contributed by atoms with van der Waals surface area (Å²) in [5, 5.41) is 21.1. The predicted molar refractivity (Wildman–Crippen MR) is 82.9 cm³/mol. The van der Waals surface area contributed by atoms with Crippen LogP contribution in [0.15, 0.2) is 42.5 Å². The van der Waals surface area contributed by atoms with Crippen molar-refractivity contribution < 1.29 is 19.6 Å². The van der Waals surface area contributed by atoms with Crippen molar-refractivity contribution in [3.63, 3.8) is 0 Å². The van der Waals surface area contributed by atoms with E-state index in [0.29, 0.717) is 27.6 Å². The van der Waals surface area contributed by atoms with Crippen molar-refractivity contribution in [1.29, 1.82) is 0 Å². The first kappa shape index (κ1) is 15.3. The molecule has 0 aliphatic carbocycles. The number of rotatable bonds is 3. The lowest BCUT2D eigenvalue weighted by Crippen LogP contribution is -2.25. The van der Waals surface area contributed by atoms with E-state index >= 15 is 0 Å². The Kier molecular flexibility index (Phi) is 3.92. The van der Waals surface area contributed by atoms with Crippen molar-refractivity contribution in [3.05, 3.63) is 68.7 Å². The molecule has 2 atom stereocenters. The van der Waals surface area contributed by atoms with Gasteiger partial charge in [0.25, 0.3) is 0 Å². The molecule has 1 N–H and O–H groups in total. The van der Waals surface area contributed by atoms with Crippen molar-refractivity contribution >= 4 is 17.6 Å². The molecule has 6 nitrogen and oxygen atoms in total. The third-order valence-electron chi connectivity index (χ3n) is 3.86. The van der Waals surface area contributed by atoms with E-state index in [4.69, 9.17) is 16.3 Å². The average molecular weight is 334 g/mol. The average Bonchev–Trinajstić information content (AvgIpc) is 2.61. The van der Waals surface area contributed by atoms with E-state index in [2.05, 4.69) is 0 Å². The predicted octanol–water partition coefficient (Wildman–Crippen LogP) is 3.67. The van der Waals surface area contributed by atoms with Gasteiger partial charge in [-0.3, -0.25) is 14.9 Å². The zero-order chi connectivity index (χ0) is 16.6. The molecule has 2 aromatic carbocycles. The molecule has 0 unspecified atom stereocenters. The van der Waals surface area contributed by atoms with E-state index < -0.39 is 29.3 Å². The molecule has 0 fully saturated rings. The minimum atomic E-state index is -1.15. The van der Waals surface area contributed by atoms with Crippen LogP contribution in [0.4, 0.5) is 0 Å². The van der Waals surface area contributed by atoms with E-state index in [1.165, 1.54) is 6.07 Å². The highest BCUT2D eigenvalue weighted by atomic mass is 35.5. The van der Waals surface area contributed by atoms with Gasteiger partial charge in [-0.25, -0.2) is 0 Å². The molecule has 0 aromatic heterocycles. The maximum absolute atomic E-state index is 11.9. The van der Waals surface area contributed by atoms with E-state index in [-0.39, 0.29) is 0 Å². The van der Waals surface area contributed by atoms with Crippen LogP contribution in [-0.4, -0.2) is 22.5 Å². The number of hydrogen-bond acceptors (Lipinski definition) is 4. The van der Waals surface area contributed by atoms with Crippen LogP contribution in [0.3, 0.4) is 0 Å². The van der Waals surface area contributed by atoms with Crippen LogP contribution in [-0.2, 0) is 4.79 Å². The summed E-state index contributed by atoms with van der Waals surface area (Å²) in [7, 11) is 0. The van der Waals surface area contributed by atoms with Gasteiger partial charge in [-0.05, 0) is 24.3 Å². The van der Waals surface area contributed by atoms with Gasteiger partial charge < -0.3 is 9.84 Å². The first-order valence-electron chi connectivity index (χ1n) is 6.88. The molecule has 3 rings (SSSR count). The highest BCUT2D eigenvalue weighted by Gasteiger charge is 2.40. The minimum Gasteiger partial charge on any atom is -0.481 e. The highest BCUT2D eigenvalue weighted by Crippen LogP contribution is 2.47. The maximum atomic E-state index is 11.9. The number of halogens is 1. The fraction of sp³-hybridized carbons (Fsp3) is 0.188. The summed E-state index contributed by atoms with van der Waals surface area (Å²) in [6.45, 7) is -0.511. The van der Waals surface area contributed by atoms with Gasteiger partial charge in [0.2, 0.25) is 6.54 Å². The number of fused-ring (bicyclic) bond motifs is 2. The first-order valence-corrected chi connectivity index (χ1v) is 7.26. The van der Waals surface area contributed by atoms with Gasteiger partial charge in [-0.1, -0.05) is 29.8 Å². The quantitative estimate of drug-likeness (QED) is 0.683. The molecule has 1 aliphatic heterocycles. The van der Waals surface area contributed by atoms with Gasteiger partial charge >= 0.3 is 5.97 Å². The smallest absolute Gasteiger partial charge is 0.312 e. The van der Waals surface area contributed by atoms with Gasteiger partial charge in [-0.2, -0.15) is 0 Å². The zero-order valence-corrected chi connectivity index (χ0v) is 12.6. The van der Waals surface area contributed by atoms with Gasteiger partial charge in [0.05, 0.1) is 11.8 Å². The third kappa shape index (κ3) is 2.85. The number of hydrogen-bond donors (Lipinski definition) is 1. The molecular formula is C16H12ClNO5. The van der Waals surface area contributed by atoms with Crippen molar-refractivity contribution in [2.75, 3.05) is 6.54 Å². The number of benzene rings is 2. The van der Waals surface area contributed by atoms with E-state index in [1.807, 2.05) is 0 Å². The molecule has 118 valence electrons. The Morgan fingerprint density at radius 1 is 1.22 bits per heavy atom. The molecule has 1 heterocycles. The molecule has 0 spiro atoms. The summed E-state index contributed by atoms with van der Waals surface area (Å²) >= 11 is 5.98. The van der Waals surface area contributed by atoms with E-state index in [1.54, 1.807) is 36.4 Å². The number of carbonyl (C=O) groups is 1. The molecule has 0 saturated carbocycles. The van der Waals surface area contributed by atoms with Crippen LogP contribution < -0.4 is 4.74 Å². The number of aliphatic carboxylic acids is 1. The summed E-state index contributed by atoms with van der Waals surface area (Å²) in [6.07, 6.45) is 0. The summed E-state index contributed by atoms with van der Waals surface area (Å²) in [5.74, 6) is -2.34. The molecule has 1 aliphatic rings. The molecule has 2 aromatic rings. The molecule has 0 radical (unpaired) electrons. The number of carboxylic acids is 1. The fourth-order valence-electron chi connectivity index (χ4n) is 2.92. The SMILES string of the molecule is O=C(O)[C@@H]1c2cc(Cl)ccc2Oc2ccccc2[C@H]1C[N+](=O)[O-]. The second kappa shape index (κ2) is 5.89. The standard InChI is InChI=1S/C16H12ClNO5/c17-9-5-6-14-11(7-9)15(16(19)20)12(8-18(21)22)10-3-1-2-4-13(10)23-14/h1-7,12,15H,8H2,(H,19,20)/t12-,15-/m1/s1. The largest absolute Gasteiger partial charge is 0.481 e. The highest BCUT2D eigenvalue weighted by molar-refractivity contribution is 6.30. The molecule has 0 saturated heterocycles. The number of nitro groups is 1. The van der Waals surface area contributed by atoms with Crippen LogP contribution in [0, 0.1) is 10.1 Å². The topological polar surface area (TPSA) is 89.7 Å². The monoisotopic (exact) mass is 333 g/mol.